The minimum absolute atomic E-state index is 0.250. The second kappa shape index (κ2) is 2.57. The van der Waals surface area contributed by atoms with E-state index in [1.165, 1.54) is 17.4 Å². The van der Waals surface area contributed by atoms with Crippen LogP contribution < -0.4 is 5.84 Å². The molecule has 0 aromatic heterocycles. The third-order valence-electron chi connectivity index (χ3n) is 1.78. The molecule has 0 atom stereocenters. The van der Waals surface area contributed by atoms with Crippen molar-refractivity contribution in [2.75, 3.05) is 0 Å². The Hall–Kier alpha value is -1.42. The van der Waals surface area contributed by atoms with Gasteiger partial charge in [0.15, 0.2) is 0 Å². The van der Waals surface area contributed by atoms with Gasteiger partial charge in [-0.15, -0.1) is 0 Å². The van der Waals surface area contributed by atoms with E-state index < -0.39 is 0 Å². The average molecular weight is 165 g/mol. The van der Waals surface area contributed by atoms with Gasteiger partial charge in [-0.1, -0.05) is 6.07 Å². The maximum atomic E-state index is 13.1. The van der Waals surface area contributed by atoms with Crippen molar-refractivity contribution in [1.82, 2.24) is 5.01 Å². The van der Waals surface area contributed by atoms with Gasteiger partial charge in [-0.2, -0.15) is 0 Å². The van der Waals surface area contributed by atoms with Gasteiger partial charge in [0, 0.05) is 5.56 Å². The summed E-state index contributed by atoms with van der Waals surface area (Å²) in [4.78, 5) is 3.97. The number of rotatable bonds is 0. The van der Waals surface area contributed by atoms with Gasteiger partial charge >= 0.3 is 0 Å². The Morgan fingerprint density at radius 2 is 2.33 bits per heavy atom. The van der Waals surface area contributed by atoms with Crippen molar-refractivity contribution in [3.63, 3.8) is 0 Å². The minimum atomic E-state index is -0.250. The SMILES string of the molecule is NN1C=Nc2cccc(F)c2C1. The van der Waals surface area contributed by atoms with E-state index in [0.29, 0.717) is 17.8 Å². The van der Waals surface area contributed by atoms with Crippen LogP contribution in [0.15, 0.2) is 23.2 Å². The molecule has 1 aromatic rings. The first-order valence-electron chi connectivity index (χ1n) is 3.60. The van der Waals surface area contributed by atoms with Crippen molar-refractivity contribution in [2.45, 2.75) is 6.54 Å². The van der Waals surface area contributed by atoms with Gasteiger partial charge in [-0.25, -0.2) is 15.2 Å². The lowest BCUT2D eigenvalue weighted by Gasteiger charge is -2.19. The van der Waals surface area contributed by atoms with Gasteiger partial charge in [0.25, 0.3) is 0 Å². The van der Waals surface area contributed by atoms with Crippen molar-refractivity contribution >= 4 is 12.0 Å². The van der Waals surface area contributed by atoms with Crippen molar-refractivity contribution in [2.24, 2.45) is 10.8 Å². The fourth-order valence-electron chi connectivity index (χ4n) is 1.18. The van der Waals surface area contributed by atoms with Gasteiger partial charge in [0.2, 0.25) is 0 Å². The predicted octanol–water partition coefficient (Wildman–Crippen LogP) is 1.17. The second-order valence-corrected chi connectivity index (χ2v) is 2.65. The van der Waals surface area contributed by atoms with E-state index in [2.05, 4.69) is 4.99 Å². The Morgan fingerprint density at radius 3 is 3.17 bits per heavy atom. The summed E-state index contributed by atoms with van der Waals surface area (Å²) in [5.41, 5.74) is 1.22. The average Bonchev–Trinajstić information content (AvgIpc) is 2.07. The summed E-state index contributed by atoms with van der Waals surface area (Å²) in [5.74, 6) is 5.19. The number of halogens is 1. The summed E-state index contributed by atoms with van der Waals surface area (Å²) in [6, 6.07) is 4.81. The molecule has 0 unspecified atom stereocenters. The lowest BCUT2D eigenvalue weighted by atomic mass is 10.1. The third kappa shape index (κ3) is 1.06. The molecule has 1 aliphatic heterocycles. The highest BCUT2D eigenvalue weighted by Gasteiger charge is 2.12. The maximum Gasteiger partial charge on any atom is 0.130 e. The summed E-state index contributed by atoms with van der Waals surface area (Å²) >= 11 is 0. The zero-order chi connectivity index (χ0) is 8.55. The summed E-state index contributed by atoms with van der Waals surface area (Å²) < 4.78 is 13.1. The molecule has 1 aromatic carbocycles. The Morgan fingerprint density at radius 1 is 1.50 bits per heavy atom. The van der Waals surface area contributed by atoms with Gasteiger partial charge in [-0.05, 0) is 12.1 Å². The van der Waals surface area contributed by atoms with E-state index in [-0.39, 0.29) is 5.82 Å². The molecule has 0 saturated carbocycles. The normalized spacial score (nSPS) is 14.7. The number of benzene rings is 1. The number of hydrazine groups is 1. The van der Waals surface area contributed by atoms with Gasteiger partial charge in [-0.3, -0.25) is 5.01 Å². The highest BCUT2D eigenvalue weighted by Crippen LogP contribution is 2.24. The molecule has 0 radical (unpaired) electrons. The van der Waals surface area contributed by atoms with Crippen LogP contribution >= 0.6 is 0 Å². The zero-order valence-electron chi connectivity index (χ0n) is 6.37. The van der Waals surface area contributed by atoms with Crippen LogP contribution in [0.3, 0.4) is 0 Å². The van der Waals surface area contributed by atoms with Crippen molar-refractivity contribution in [3.05, 3.63) is 29.6 Å². The Bertz CT molecular complexity index is 335. The Kier molecular flexibility index (Phi) is 1.55. The number of hydrogen-bond donors (Lipinski definition) is 1. The van der Waals surface area contributed by atoms with E-state index in [4.69, 9.17) is 5.84 Å². The molecular formula is C8H8FN3. The molecule has 12 heavy (non-hydrogen) atoms. The quantitative estimate of drug-likeness (QED) is 0.586. The molecule has 2 N–H and O–H groups in total. The molecule has 0 spiro atoms. The number of hydrogen-bond acceptors (Lipinski definition) is 3. The Labute approximate surface area is 69.3 Å². The van der Waals surface area contributed by atoms with Crippen molar-refractivity contribution < 1.29 is 4.39 Å². The summed E-state index contributed by atoms with van der Waals surface area (Å²) in [6.45, 7) is 0.380. The highest BCUT2D eigenvalue weighted by molar-refractivity contribution is 5.66. The molecule has 0 aliphatic carbocycles. The van der Waals surface area contributed by atoms with Crippen LogP contribution in [0.5, 0.6) is 0 Å². The molecule has 0 bridgehead atoms. The van der Waals surface area contributed by atoms with Crippen LogP contribution in [-0.2, 0) is 6.54 Å². The van der Waals surface area contributed by atoms with E-state index in [0.717, 1.165) is 0 Å². The van der Waals surface area contributed by atoms with Crippen LogP contribution in [0.2, 0.25) is 0 Å². The number of nitrogens with two attached hydrogens (primary N) is 1. The van der Waals surface area contributed by atoms with Crippen molar-refractivity contribution in [3.8, 4) is 0 Å². The largest absolute Gasteiger partial charge is 0.296 e. The van der Waals surface area contributed by atoms with Crippen LogP contribution in [0.25, 0.3) is 0 Å². The number of fused-ring (bicyclic) bond motifs is 1. The molecular weight excluding hydrogens is 157 g/mol. The molecule has 0 saturated heterocycles. The molecule has 1 heterocycles. The summed E-state index contributed by atoms with van der Waals surface area (Å²) in [7, 11) is 0. The monoisotopic (exact) mass is 165 g/mol. The van der Waals surface area contributed by atoms with E-state index in [9.17, 15) is 4.39 Å². The number of nitrogens with zero attached hydrogens (tertiary/aromatic N) is 2. The van der Waals surface area contributed by atoms with Crippen LogP contribution in [0, 0.1) is 5.82 Å². The van der Waals surface area contributed by atoms with E-state index in [1.807, 2.05) is 0 Å². The fraction of sp³-hybridized carbons (Fsp3) is 0.125. The predicted molar refractivity (Wildman–Crippen MR) is 44.3 cm³/mol. The smallest absolute Gasteiger partial charge is 0.130 e. The first-order valence-corrected chi connectivity index (χ1v) is 3.60. The number of aliphatic imine (C=N–C) groups is 1. The summed E-state index contributed by atoms with van der Waals surface area (Å²) in [6.07, 6.45) is 1.49. The standard InChI is InChI=1S/C8H8FN3/c9-7-2-1-3-8-6(7)4-12(10)5-11-8/h1-3,5H,4,10H2. The Balaban J connectivity index is 2.53. The van der Waals surface area contributed by atoms with Gasteiger partial charge in [0.05, 0.1) is 12.2 Å². The maximum absolute atomic E-state index is 13.1. The highest BCUT2D eigenvalue weighted by atomic mass is 19.1. The first kappa shape index (κ1) is 7.24. The molecule has 4 heteroatoms. The topological polar surface area (TPSA) is 41.6 Å². The lowest BCUT2D eigenvalue weighted by molar-refractivity contribution is 0.428. The lowest BCUT2D eigenvalue weighted by Crippen LogP contribution is -2.31. The summed E-state index contributed by atoms with van der Waals surface area (Å²) in [5, 5.41) is 1.35. The van der Waals surface area contributed by atoms with Crippen molar-refractivity contribution in [1.29, 1.82) is 0 Å². The first-order chi connectivity index (χ1) is 5.77. The minimum Gasteiger partial charge on any atom is -0.296 e. The molecule has 0 amide bonds. The van der Waals surface area contributed by atoms with Crippen LogP contribution in [0.1, 0.15) is 5.56 Å². The third-order valence-corrected chi connectivity index (χ3v) is 1.78. The second-order valence-electron chi connectivity index (χ2n) is 2.65. The molecule has 1 aliphatic rings. The van der Waals surface area contributed by atoms with Crippen LogP contribution in [-0.4, -0.2) is 11.3 Å². The van der Waals surface area contributed by atoms with Gasteiger partial charge < -0.3 is 0 Å². The van der Waals surface area contributed by atoms with E-state index in [1.54, 1.807) is 12.1 Å². The van der Waals surface area contributed by atoms with Gasteiger partial charge in [0.1, 0.15) is 12.2 Å². The van der Waals surface area contributed by atoms with E-state index >= 15 is 0 Å². The fourth-order valence-corrected chi connectivity index (χ4v) is 1.18. The molecule has 62 valence electrons. The molecule has 3 nitrogen and oxygen atoms in total. The van der Waals surface area contributed by atoms with Crippen LogP contribution in [0.4, 0.5) is 10.1 Å². The molecule has 0 fully saturated rings. The molecule has 2 rings (SSSR count). The zero-order valence-corrected chi connectivity index (χ0v) is 6.37.